The lowest BCUT2D eigenvalue weighted by Crippen LogP contribution is -2.22. The molecule has 2 N–H and O–H groups in total. The van der Waals surface area contributed by atoms with E-state index in [-0.39, 0.29) is 11.2 Å². The predicted molar refractivity (Wildman–Crippen MR) is 116 cm³/mol. The maximum Gasteiger partial charge on any atom is 0.237 e. The van der Waals surface area contributed by atoms with Crippen LogP contribution in [0.15, 0.2) is 52.9 Å². The number of rotatable bonds is 8. The highest BCUT2D eigenvalue weighted by Crippen LogP contribution is 2.33. The molecule has 0 radical (unpaired) electrons. The average Bonchev–Trinajstić information content (AvgIpc) is 3.12. The number of hydrogen-bond acceptors (Lipinski definition) is 7. The summed E-state index contributed by atoms with van der Waals surface area (Å²) in [5.74, 6) is 0.700. The number of ether oxygens (including phenoxy) is 1. The Labute approximate surface area is 172 Å². The zero-order chi connectivity index (χ0) is 19.9. The van der Waals surface area contributed by atoms with Gasteiger partial charge in [-0.25, -0.2) is 0 Å². The maximum atomic E-state index is 12.5. The lowest BCUT2D eigenvalue weighted by Gasteiger charge is -2.12. The van der Waals surface area contributed by atoms with Crippen LogP contribution < -0.4 is 15.4 Å². The normalized spacial score (nSPS) is 11.7. The van der Waals surface area contributed by atoms with Gasteiger partial charge in [0.1, 0.15) is 5.75 Å². The molecule has 0 fully saturated rings. The summed E-state index contributed by atoms with van der Waals surface area (Å²) in [6.07, 6.45) is 0. The minimum Gasteiger partial charge on any atom is -0.492 e. The van der Waals surface area contributed by atoms with Crippen molar-refractivity contribution in [1.29, 1.82) is 0 Å². The molecule has 0 unspecified atom stereocenters. The van der Waals surface area contributed by atoms with Gasteiger partial charge in [-0.15, -0.1) is 10.2 Å². The third kappa shape index (κ3) is 5.24. The Morgan fingerprint density at radius 1 is 1.14 bits per heavy atom. The number of amides is 1. The van der Waals surface area contributed by atoms with E-state index < -0.39 is 0 Å². The summed E-state index contributed by atoms with van der Waals surface area (Å²) in [5, 5.41) is 14.9. The summed E-state index contributed by atoms with van der Waals surface area (Å²) in [4.78, 5) is 12.5. The van der Waals surface area contributed by atoms with E-state index in [9.17, 15) is 4.79 Å². The van der Waals surface area contributed by atoms with Crippen LogP contribution in [-0.2, 0) is 4.79 Å². The average molecular weight is 415 g/mol. The fourth-order valence-electron chi connectivity index (χ4n) is 2.43. The Balaban J connectivity index is 1.61. The van der Waals surface area contributed by atoms with Crippen molar-refractivity contribution in [1.82, 2.24) is 10.2 Å². The van der Waals surface area contributed by atoms with Gasteiger partial charge in [0, 0.05) is 5.69 Å². The first-order chi connectivity index (χ1) is 13.6. The molecule has 8 heteroatoms. The van der Waals surface area contributed by atoms with Crippen LogP contribution in [0.2, 0.25) is 0 Å². The molecule has 0 saturated carbocycles. The van der Waals surface area contributed by atoms with Crippen molar-refractivity contribution < 1.29 is 9.53 Å². The molecule has 2 aromatic carbocycles. The molecule has 0 spiro atoms. The predicted octanol–water partition coefficient (Wildman–Crippen LogP) is 5.11. The van der Waals surface area contributed by atoms with Crippen molar-refractivity contribution in [2.45, 2.75) is 30.4 Å². The summed E-state index contributed by atoms with van der Waals surface area (Å²) in [5.41, 5.74) is 2.69. The molecule has 0 aliphatic heterocycles. The van der Waals surface area contributed by atoms with Gasteiger partial charge in [0.2, 0.25) is 11.0 Å². The largest absolute Gasteiger partial charge is 0.492 e. The van der Waals surface area contributed by atoms with Crippen LogP contribution in [0.1, 0.15) is 19.4 Å². The number of nitrogens with zero attached hydrogens (tertiary/aromatic N) is 2. The first-order valence-electron chi connectivity index (χ1n) is 8.92. The Morgan fingerprint density at radius 3 is 2.61 bits per heavy atom. The molecular weight excluding hydrogens is 392 g/mol. The van der Waals surface area contributed by atoms with Crippen molar-refractivity contribution in [3.63, 3.8) is 0 Å². The van der Waals surface area contributed by atoms with E-state index in [4.69, 9.17) is 4.74 Å². The first-order valence-corrected chi connectivity index (χ1v) is 10.6. The molecule has 28 heavy (non-hydrogen) atoms. The molecule has 3 rings (SSSR count). The van der Waals surface area contributed by atoms with Gasteiger partial charge in [-0.05, 0) is 44.5 Å². The highest BCUT2D eigenvalue weighted by atomic mass is 32.2. The van der Waals surface area contributed by atoms with Crippen molar-refractivity contribution >= 4 is 45.5 Å². The number of carbonyl (C=O) groups excluding carboxylic acids is 1. The number of hydrogen-bond donors (Lipinski definition) is 2. The highest BCUT2D eigenvalue weighted by Gasteiger charge is 2.18. The minimum atomic E-state index is -0.295. The number of para-hydroxylation sites is 3. The Morgan fingerprint density at radius 2 is 1.86 bits per heavy atom. The molecule has 0 aliphatic rings. The van der Waals surface area contributed by atoms with Crippen LogP contribution in [0.25, 0.3) is 0 Å². The van der Waals surface area contributed by atoms with Gasteiger partial charge in [0.25, 0.3) is 0 Å². The molecule has 1 aromatic heterocycles. The summed E-state index contributed by atoms with van der Waals surface area (Å²) in [6.45, 7) is 6.36. The second kappa shape index (κ2) is 9.57. The SMILES string of the molecule is CCOc1ccccc1Nc1nnc(S[C@@H](C)C(=O)Nc2ccccc2C)s1. The summed E-state index contributed by atoms with van der Waals surface area (Å²) >= 11 is 2.79. The van der Waals surface area contributed by atoms with Crippen molar-refractivity contribution in [2.24, 2.45) is 0 Å². The summed E-state index contributed by atoms with van der Waals surface area (Å²) in [7, 11) is 0. The number of aromatic nitrogens is 2. The Hall–Kier alpha value is -2.58. The Bertz CT molecular complexity index is 945. The van der Waals surface area contributed by atoms with E-state index in [1.54, 1.807) is 0 Å². The zero-order valence-electron chi connectivity index (χ0n) is 15.9. The van der Waals surface area contributed by atoms with Crippen molar-refractivity contribution in [2.75, 3.05) is 17.2 Å². The standard InChI is InChI=1S/C20H22N4O2S2/c1-4-26-17-12-8-7-11-16(17)22-19-23-24-20(28-19)27-14(3)18(25)21-15-10-6-5-9-13(15)2/h5-12,14H,4H2,1-3H3,(H,21,25)(H,22,23)/t14-/m0/s1. The molecule has 3 aromatic rings. The Kier molecular flexibility index (Phi) is 6.89. The molecule has 1 atom stereocenters. The van der Waals surface area contributed by atoms with Gasteiger partial charge in [-0.2, -0.15) is 0 Å². The molecule has 0 aliphatic carbocycles. The van der Waals surface area contributed by atoms with Gasteiger partial charge in [0.05, 0.1) is 17.5 Å². The van der Waals surface area contributed by atoms with Gasteiger partial charge in [-0.1, -0.05) is 53.4 Å². The monoisotopic (exact) mass is 414 g/mol. The van der Waals surface area contributed by atoms with Crippen LogP contribution >= 0.6 is 23.1 Å². The fraction of sp³-hybridized carbons (Fsp3) is 0.250. The van der Waals surface area contributed by atoms with E-state index in [0.29, 0.717) is 11.7 Å². The third-order valence-corrected chi connectivity index (χ3v) is 5.91. The van der Waals surface area contributed by atoms with E-state index >= 15 is 0 Å². The second-order valence-corrected chi connectivity index (χ2v) is 8.56. The molecule has 0 bridgehead atoms. The fourth-order valence-corrected chi connectivity index (χ4v) is 4.33. The van der Waals surface area contributed by atoms with Gasteiger partial charge < -0.3 is 15.4 Å². The minimum absolute atomic E-state index is 0.0642. The van der Waals surface area contributed by atoms with Gasteiger partial charge >= 0.3 is 0 Å². The molecule has 1 heterocycles. The molecule has 0 saturated heterocycles. The van der Waals surface area contributed by atoms with E-state index in [1.807, 2.05) is 69.3 Å². The summed E-state index contributed by atoms with van der Waals surface area (Å²) < 4.78 is 6.34. The number of nitrogens with one attached hydrogen (secondary N) is 2. The number of thioether (sulfide) groups is 1. The molecule has 6 nitrogen and oxygen atoms in total. The number of aryl methyl sites for hydroxylation is 1. The topological polar surface area (TPSA) is 76.1 Å². The smallest absolute Gasteiger partial charge is 0.237 e. The number of benzene rings is 2. The highest BCUT2D eigenvalue weighted by molar-refractivity contribution is 8.02. The van der Waals surface area contributed by atoms with Crippen LogP contribution in [0.3, 0.4) is 0 Å². The van der Waals surface area contributed by atoms with Crippen molar-refractivity contribution in [3.8, 4) is 5.75 Å². The molecule has 1 amide bonds. The van der Waals surface area contributed by atoms with Crippen LogP contribution in [0.4, 0.5) is 16.5 Å². The number of carbonyl (C=O) groups is 1. The number of anilines is 3. The lowest BCUT2D eigenvalue weighted by atomic mass is 10.2. The van der Waals surface area contributed by atoms with Crippen LogP contribution in [0, 0.1) is 6.92 Å². The lowest BCUT2D eigenvalue weighted by molar-refractivity contribution is -0.115. The van der Waals surface area contributed by atoms with Gasteiger partial charge in [-0.3, -0.25) is 4.79 Å². The third-order valence-electron chi connectivity index (χ3n) is 3.88. The first kappa shape index (κ1) is 20.2. The van der Waals surface area contributed by atoms with Crippen molar-refractivity contribution in [3.05, 3.63) is 54.1 Å². The maximum absolute atomic E-state index is 12.5. The van der Waals surface area contributed by atoms with Crippen LogP contribution in [0.5, 0.6) is 5.75 Å². The quantitative estimate of drug-likeness (QED) is 0.499. The van der Waals surface area contributed by atoms with E-state index in [0.717, 1.165) is 27.0 Å². The second-order valence-electron chi connectivity index (χ2n) is 5.99. The molecular formula is C20H22N4O2S2. The van der Waals surface area contributed by atoms with Gasteiger partial charge in [0.15, 0.2) is 4.34 Å². The molecule has 146 valence electrons. The van der Waals surface area contributed by atoms with E-state index in [1.165, 1.54) is 23.1 Å². The van der Waals surface area contributed by atoms with Crippen LogP contribution in [-0.4, -0.2) is 28.0 Å². The summed E-state index contributed by atoms with van der Waals surface area (Å²) in [6, 6.07) is 15.4. The van der Waals surface area contributed by atoms with E-state index in [2.05, 4.69) is 20.8 Å². The zero-order valence-corrected chi connectivity index (χ0v) is 17.6.